The number of carboxylic acid groups (broad SMARTS) is 1. The van der Waals surface area contributed by atoms with E-state index in [9.17, 15) is 4.79 Å². The minimum atomic E-state index is -0.865. The molecule has 6 nitrogen and oxygen atoms in total. The Hall–Kier alpha value is -1.05. The zero-order chi connectivity index (χ0) is 18.1. The van der Waals surface area contributed by atoms with Crippen molar-refractivity contribution in [2.75, 3.05) is 39.3 Å². The van der Waals surface area contributed by atoms with Crippen LogP contribution in [0.1, 0.15) is 40.5 Å². The Morgan fingerprint density at radius 2 is 1.79 bits per heavy atom. The number of rotatable bonds is 8. The van der Waals surface area contributed by atoms with Crippen LogP contribution in [-0.4, -0.2) is 82.5 Å². The molecule has 1 unspecified atom stereocenters. The number of hydrogen-bond donors (Lipinski definition) is 1. The average Bonchev–Trinajstić information content (AvgIpc) is 2.60. The predicted octanol–water partition coefficient (Wildman–Crippen LogP) is 2.78. The summed E-state index contributed by atoms with van der Waals surface area (Å²) in [5, 5.41) is 9.16. The molecule has 0 bridgehead atoms. The zero-order valence-corrected chi connectivity index (χ0v) is 16.3. The predicted molar refractivity (Wildman–Crippen MR) is 103 cm³/mol. The molecule has 1 saturated heterocycles. The minimum absolute atomic E-state index is 0.0511. The molecule has 0 aliphatic carbocycles. The first kappa shape index (κ1) is 21.0. The number of hydrogen-bond acceptors (Lipinski definition) is 4. The van der Waals surface area contributed by atoms with Crippen molar-refractivity contribution in [3.05, 3.63) is 0 Å². The molecule has 0 aromatic rings. The molecular weight excluding hydrogens is 324 g/mol. The van der Waals surface area contributed by atoms with Gasteiger partial charge in [0.1, 0.15) is 4.99 Å². The normalized spacial score (nSPS) is 19.0. The van der Waals surface area contributed by atoms with E-state index in [-0.39, 0.29) is 12.1 Å². The van der Waals surface area contributed by atoms with Gasteiger partial charge in [0.05, 0.1) is 6.17 Å². The molecule has 1 fully saturated rings. The van der Waals surface area contributed by atoms with Crippen LogP contribution >= 0.6 is 12.2 Å². The summed E-state index contributed by atoms with van der Waals surface area (Å²) in [6, 6.07) is 0. The Morgan fingerprint density at radius 3 is 2.25 bits per heavy atom. The number of carbonyl (C=O) groups is 1. The van der Waals surface area contributed by atoms with Crippen molar-refractivity contribution in [3.8, 4) is 0 Å². The number of likely N-dealkylation sites (tertiary alicyclic amines) is 1. The quantitative estimate of drug-likeness (QED) is 0.412. The van der Waals surface area contributed by atoms with Crippen molar-refractivity contribution < 1.29 is 9.90 Å². The van der Waals surface area contributed by atoms with E-state index < -0.39 is 6.09 Å². The Bertz CT molecular complexity index is 424. The molecular formula is C17H32N4O2S. The number of piperidine rings is 1. The molecule has 7 heteroatoms. The highest BCUT2D eigenvalue weighted by atomic mass is 32.1. The van der Waals surface area contributed by atoms with Gasteiger partial charge in [-0.05, 0) is 39.0 Å². The third-order valence-electron chi connectivity index (χ3n) is 4.75. The molecule has 0 aromatic carbocycles. The van der Waals surface area contributed by atoms with E-state index in [1.165, 1.54) is 4.90 Å². The highest BCUT2D eigenvalue weighted by Crippen LogP contribution is 2.19. The molecule has 24 heavy (non-hydrogen) atoms. The van der Waals surface area contributed by atoms with Crippen LogP contribution in [0, 0.1) is 5.92 Å². The van der Waals surface area contributed by atoms with Crippen molar-refractivity contribution in [1.82, 2.24) is 14.7 Å². The van der Waals surface area contributed by atoms with Crippen LogP contribution in [0.15, 0.2) is 4.99 Å². The minimum Gasteiger partial charge on any atom is -0.465 e. The van der Waals surface area contributed by atoms with E-state index >= 15 is 0 Å². The first-order valence-corrected chi connectivity index (χ1v) is 9.43. The lowest BCUT2D eigenvalue weighted by molar-refractivity contribution is 0.111. The van der Waals surface area contributed by atoms with Gasteiger partial charge in [0, 0.05) is 25.2 Å². The van der Waals surface area contributed by atoms with Crippen LogP contribution in [0.4, 0.5) is 4.79 Å². The number of nitrogens with zero attached hydrogens (tertiary/aromatic N) is 4. The topological polar surface area (TPSA) is 59.4 Å². The van der Waals surface area contributed by atoms with Gasteiger partial charge in [-0.15, -0.1) is 0 Å². The van der Waals surface area contributed by atoms with Gasteiger partial charge in [0.25, 0.3) is 0 Å². The average molecular weight is 357 g/mol. The first-order valence-electron chi connectivity index (χ1n) is 9.02. The van der Waals surface area contributed by atoms with E-state index in [1.54, 1.807) is 0 Å². The van der Waals surface area contributed by atoms with Crippen LogP contribution in [0.3, 0.4) is 0 Å². The maximum atomic E-state index is 11.2. The van der Waals surface area contributed by atoms with Gasteiger partial charge < -0.3 is 10.0 Å². The molecule has 0 radical (unpaired) electrons. The second-order valence-electron chi connectivity index (χ2n) is 6.04. The second kappa shape index (κ2) is 10.7. The van der Waals surface area contributed by atoms with Gasteiger partial charge in [0.2, 0.25) is 0 Å². The summed E-state index contributed by atoms with van der Waals surface area (Å²) >= 11 is 5.50. The molecule has 1 heterocycles. The van der Waals surface area contributed by atoms with Crippen LogP contribution in [0.5, 0.6) is 0 Å². The van der Waals surface area contributed by atoms with Crippen molar-refractivity contribution in [1.29, 1.82) is 0 Å². The molecule has 0 spiro atoms. The summed E-state index contributed by atoms with van der Waals surface area (Å²) in [5.41, 5.74) is 0. The largest absolute Gasteiger partial charge is 0.465 e. The van der Waals surface area contributed by atoms with Gasteiger partial charge in [0.15, 0.2) is 0 Å². The monoisotopic (exact) mass is 356 g/mol. The smallest absolute Gasteiger partial charge is 0.407 e. The summed E-state index contributed by atoms with van der Waals surface area (Å²) in [7, 11) is 0. The molecule has 1 aliphatic heterocycles. The maximum absolute atomic E-state index is 11.2. The Morgan fingerprint density at radius 1 is 1.25 bits per heavy atom. The lowest BCUT2D eigenvalue weighted by Crippen LogP contribution is -2.49. The van der Waals surface area contributed by atoms with Gasteiger partial charge >= 0.3 is 6.09 Å². The van der Waals surface area contributed by atoms with E-state index in [1.807, 2.05) is 6.21 Å². The van der Waals surface area contributed by atoms with E-state index in [4.69, 9.17) is 17.3 Å². The zero-order valence-electron chi connectivity index (χ0n) is 15.4. The lowest BCUT2D eigenvalue weighted by atomic mass is 9.98. The Balaban J connectivity index is 2.80. The van der Waals surface area contributed by atoms with Crippen molar-refractivity contribution in [2.45, 2.75) is 46.7 Å². The van der Waals surface area contributed by atoms with Gasteiger partial charge in [-0.1, -0.05) is 39.9 Å². The van der Waals surface area contributed by atoms with Crippen LogP contribution in [0.25, 0.3) is 0 Å². The first-order chi connectivity index (χ1) is 11.5. The van der Waals surface area contributed by atoms with E-state index in [0.29, 0.717) is 18.1 Å². The van der Waals surface area contributed by atoms with E-state index in [2.05, 4.69) is 42.5 Å². The SMILES string of the molecule is CCN(CC)C(C=NC(=S)C1CCCN(C(=O)O)C1)N(CC)CC. The third-order valence-corrected chi connectivity index (χ3v) is 5.19. The molecule has 1 rings (SSSR count). The fourth-order valence-corrected chi connectivity index (χ4v) is 3.47. The number of amides is 1. The van der Waals surface area contributed by atoms with Crippen molar-refractivity contribution in [2.24, 2.45) is 10.9 Å². The van der Waals surface area contributed by atoms with Crippen LogP contribution in [0.2, 0.25) is 0 Å². The fraction of sp³-hybridized carbons (Fsp3) is 0.824. The van der Waals surface area contributed by atoms with Crippen LogP contribution in [-0.2, 0) is 0 Å². The summed E-state index contributed by atoms with van der Waals surface area (Å²) < 4.78 is 0. The summed E-state index contributed by atoms with van der Waals surface area (Å²) in [5.74, 6) is 0.0511. The summed E-state index contributed by atoms with van der Waals surface area (Å²) in [4.78, 5) is 22.5. The molecule has 0 saturated carbocycles. The summed E-state index contributed by atoms with van der Waals surface area (Å²) in [6.07, 6.45) is 2.98. The highest BCUT2D eigenvalue weighted by molar-refractivity contribution is 7.80. The lowest BCUT2D eigenvalue weighted by Gasteiger charge is -2.35. The Kier molecular flexibility index (Phi) is 9.39. The molecule has 1 amide bonds. The van der Waals surface area contributed by atoms with Gasteiger partial charge in [-0.3, -0.25) is 14.8 Å². The number of aliphatic imine (C=N–C) groups is 1. The van der Waals surface area contributed by atoms with Gasteiger partial charge in [-0.2, -0.15) is 0 Å². The molecule has 0 aromatic heterocycles. The molecule has 1 aliphatic rings. The number of thiocarbonyl (C=S) groups is 1. The van der Waals surface area contributed by atoms with Crippen molar-refractivity contribution in [3.63, 3.8) is 0 Å². The van der Waals surface area contributed by atoms with E-state index in [0.717, 1.165) is 39.0 Å². The Labute approximate surface area is 151 Å². The van der Waals surface area contributed by atoms with Crippen LogP contribution < -0.4 is 0 Å². The van der Waals surface area contributed by atoms with Crippen molar-refractivity contribution >= 4 is 29.5 Å². The second-order valence-corrected chi connectivity index (χ2v) is 6.46. The molecule has 1 N–H and O–H groups in total. The molecule has 138 valence electrons. The molecule has 1 atom stereocenters. The van der Waals surface area contributed by atoms with Gasteiger partial charge in [-0.25, -0.2) is 4.79 Å². The maximum Gasteiger partial charge on any atom is 0.407 e. The third kappa shape index (κ3) is 5.79. The highest BCUT2D eigenvalue weighted by Gasteiger charge is 2.26. The standard InChI is InChI=1S/C17H32N4O2S/c1-5-19(6-2)15(20(7-3)8-4)12-18-16(24)14-10-9-11-21(13-14)17(22)23/h12,14-15H,5-11,13H2,1-4H3,(H,22,23). The fourth-order valence-electron chi connectivity index (χ4n) is 3.21. The summed E-state index contributed by atoms with van der Waals surface area (Å²) in [6.45, 7) is 13.5.